The van der Waals surface area contributed by atoms with Crippen molar-refractivity contribution in [3.05, 3.63) is 35.9 Å². The lowest BCUT2D eigenvalue weighted by Crippen LogP contribution is -2.56. The fraction of sp³-hybridized carbons (Fsp3) is 0.500. The minimum atomic E-state index is -1.77. The standard InChI is InChI=1S/C18H22Cl3NO5/c1-3-17(2,16(26)27-11-18(19,20)21)22-13(15(24)25)9-10-14(23)12-7-5-4-6-8-12/h4-8,13,22H,3,9-11H2,1-2H3,(H,24,25). The molecular formula is C18H22Cl3NO5. The predicted octanol–water partition coefficient (Wildman–Crippen LogP) is 3.77. The number of hydrogen-bond donors (Lipinski definition) is 2. The summed E-state index contributed by atoms with van der Waals surface area (Å²) in [5.41, 5.74) is -0.809. The summed E-state index contributed by atoms with van der Waals surface area (Å²) < 4.78 is 3.22. The van der Waals surface area contributed by atoms with E-state index >= 15 is 0 Å². The molecular weight excluding hydrogens is 417 g/mol. The second-order valence-electron chi connectivity index (χ2n) is 6.24. The van der Waals surface area contributed by atoms with Crippen LogP contribution in [0.1, 0.15) is 43.5 Å². The number of carbonyl (C=O) groups excluding carboxylic acids is 2. The number of carbonyl (C=O) groups is 3. The van der Waals surface area contributed by atoms with Gasteiger partial charge in [-0.15, -0.1) is 0 Å². The molecule has 0 radical (unpaired) electrons. The largest absolute Gasteiger partial charge is 0.480 e. The van der Waals surface area contributed by atoms with Crippen molar-refractivity contribution in [2.75, 3.05) is 6.61 Å². The third-order valence-corrected chi connectivity index (χ3v) is 4.40. The SMILES string of the molecule is CCC(C)(NC(CCC(=O)c1ccccc1)C(=O)O)C(=O)OCC(Cl)(Cl)Cl. The summed E-state index contributed by atoms with van der Waals surface area (Å²) in [6, 6.07) is 7.45. The Kier molecular flexibility index (Phi) is 9.02. The smallest absolute Gasteiger partial charge is 0.326 e. The fourth-order valence-corrected chi connectivity index (χ4v) is 2.46. The molecule has 0 aliphatic heterocycles. The average molecular weight is 439 g/mol. The Balaban J connectivity index is 2.76. The quantitative estimate of drug-likeness (QED) is 0.328. The van der Waals surface area contributed by atoms with Gasteiger partial charge in [0.1, 0.15) is 18.2 Å². The maximum atomic E-state index is 12.3. The summed E-state index contributed by atoms with van der Waals surface area (Å²) >= 11 is 16.7. The molecule has 0 heterocycles. The second-order valence-corrected chi connectivity index (χ2v) is 8.76. The summed E-state index contributed by atoms with van der Waals surface area (Å²) in [6.07, 6.45) is 0.259. The molecule has 1 aromatic carbocycles. The highest BCUT2D eigenvalue weighted by Crippen LogP contribution is 2.27. The van der Waals surface area contributed by atoms with Crippen LogP contribution in [0.4, 0.5) is 0 Å². The normalized spacial score (nSPS) is 14.9. The zero-order valence-corrected chi connectivity index (χ0v) is 17.3. The number of carboxylic acid groups (broad SMARTS) is 1. The van der Waals surface area contributed by atoms with E-state index in [0.717, 1.165) is 0 Å². The Labute approximate surface area is 173 Å². The third kappa shape index (κ3) is 8.05. The molecule has 1 rings (SSSR count). The molecule has 9 heteroatoms. The molecule has 0 saturated heterocycles. The first-order valence-corrected chi connectivity index (χ1v) is 9.44. The first kappa shape index (κ1) is 23.7. The Bertz CT molecular complexity index is 663. The van der Waals surface area contributed by atoms with E-state index in [1.54, 1.807) is 37.3 Å². The van der Waals surface area contributed by atoms with Gasteiger partial charge >= 0.3 is 11.9 Å². The van der Waals surface area contributed by atoms with Crippen LogP contribution in [0.15, 0.2) is 30.3 Å². The van der Waals surface area contributed by atoms with Crippen LogP contribution in [0.2, 0.25) is 0 Å². The molecule has 1 aromatic rings. The fourth-order valence-electron chi connectivity index (χ4n) is 2.30. The van der Waals surface area contributed by atoms with E-state index in [-0.39, 0.29) is 25.0 Å². The van der Waals surface area contributed by atoms with Gasteiger partial charge in [0.05, 0.1) is 0 Å². The average Bonchev–Trinajstić information content (AvgIpc) is 2.62. The van der Waals surface area contributed by atoms with E-state index < -0.39 is 33.9 Å². The van der Waals surface area contributed by atoms with Crippen molar-refractivity contribution >= 4 is 52.5 Å². The highest BCUT2D eigenvalue weighted by molar-refractivity contribution is 6.67. The zero-order chi connectivity index (χ0) is 20.7. The van der Waals surface area contributed by atoms with Gasteiger partial charge in [0.2, 0.25) is 3.79 Å². The predicted molar refractivity (Wildman–Crippen MR) is 105 cm³/mol. The van der Waals surface area contributed by atoms with E-state index in [9.17, 15) is 19.5 Å². The molecule has 6 nitrogen and oxygen atoms in total. The van der Waals surface area contributed by atoms with Gasteiger partial charge in [-0.2, -0.15) is 0 Å². The van der Waals surface area contributed by atoms with Gasteiger partial charge in [0, 0.05) is 12.0 Å². The van der Waals surface area contributed by atoms with Crippen molar-refractivity contribution in [1.82, 2.24) is 5.32 Å². The minimum absolute atomic E-state index is 0.0103. The molecule has 0 fully saturated rings. The highest BCUT2D eigenvalue weighted by Gasteiger charge is 2.38. The molecule has 2 atom stereocenters. The number of hydrogen-bond acceptors (Lipinski definition) is 5. The van der Waals surface area contributed by atoms with Gasteiger partial charge in [0.15, 0.2) is 5.78 Å². The summed E-state index contributed by atoms with van der Waals surface area (Å²) in [7, 11) is 0. The van der Waals surface area contributed by atoms with Crippen LogP contribution >= 0.6 is 34.8 Å². The second kappa shape index (κ2) is 10.3. The van der Waals surface area contributed by atoms with Gasteiger partial charge in [-0.05, 0) is 19.8 Å². The van der Waals surface area contributed by atoms with E-state index in [4.69, 9.17) is 39.5 Å². The van der Waals surface area contributed by atoms with Crippen molar-refractivity contribution in [2.24, 2.45) is 0 Å². The number of ether oxygens (including phenoxy) is 1. The van der Waals surface area contributed by atoms with Crippen molar-refractivity contribution in [1.29, 1.82) is 0 Å². The monoisotopic (exact) mass is 437 g/mol. The number of benzene rings is 1. The first-order valence-electron chi connectivity index (χ1n) is 8.31. The van der Waals surface area contributed by atoms with Crippen LogP contribution in [-0.2, 0) is 14.3 Å². The van der Waals surface area contributed by atoms with E-state index in [0.29, 0.717) is 5.56 Å². The van der Waals surface area contributed by atoms with Crippen molar-refractivity contribution in [3.8, 4) is 0 Å². The van der Waals surface area contributed by atoms with Crippen LogP contribution in [0.25, 0.3) is 0 Å². The van der Waals surface area contributed by atoms with Crippen molar-refractivity contribution in [2.45, 2.75) is 48.5 Å². The van der Waals surface area contributed by atoms with Gasteiger partial charge in [0.25, 0.3) is 0 Å². The van der Waals surface area contributed by atoms with E-state index in [2.05, 4.69) is 5.32 Å². The zero-order valence-electron chi connectivity index (χ0n) is 15.0. The third-order valence-electron chi connectivity index (χ3n) is 4.07. The molecule has 0 saturated carbocycles. The molecule has 27 heavy (non-hydrogen) atoms. The molecule has 150 valence electrons. The van der Waals surface area contributed by atoms with Gasteiger partial charge in [-0.3, -0.25) is 19.7 Å². The molecule has 0 bridgehead atoms. The lowest BCUT2D eigenvalue weighted by Gasteiger charge is -2.31. The number of aliphatic carboxylic acids is 1. The number of Topliss-reactive ketones (excluding diaryl/α,β-unsaturated/α-hetero) is 1. The number of ketones is 1. The number of halogens is 3. The summed E-state index contributed by atoms with van der Waals surface area (Å²) in [6.45, 7) is 2.73. The lowest BCUT2D eigenvalue weighted by atomic mass is 9.95. The van der Waals surface area contributed by atoms with Crippen LogP contribution in [0.3, 0.4) is 0 Å². The molecule has 0 amide bonds. The summed E-state index contributed by atoms with van der Waals surface area (Å²) in [5, 5.41) is 12.2. The Morgan fingerprint density at radius 1 is 1.19 bits per heavy atom. The van der Waals surface area contributed by atoms with Crippen LogP contribution in [0.5, 0.6) is 0 Å². The number of alkyl halides is 3. The molecule has 2 unspecified atom stereocenters. The van der Waals surface area contributed by atoms with Gasteiger partial charge in [-0.1, -0.05) is 72.1 Å². The Morgan fingerprint density at radius 2 is 1.78 bits per heavy atom. The van der Waals surface area contributed by atoms with E-state index in [1.165, 1.54) is 6.92 Å². The van der Waals surface area contributed by atoms with Crippen LogP contribution in [0, 0.1) is 0 Å². The van der Waals surface area contributed by atoms with Crippen molar-refractivity contribution < 1.29 is 24.2 Å². The van der Waals surface area contributed by atoms with E-state index in [1.807, 2.05) is 0 Å². The summed E-state index contributed by atoms with van der Waals surface area (Å²) in [5.74, 6) is -2.10. The molecule has 0 aliphatic carbocycles. The highest BCUT2D eigenvalue weighted by atomic mass is 35.6. The number of carboxylic acids is 1. The maximum Gasteiger partial charge on any atom is 0.326 e. The minimum Gasteiger partial charge on any atom is -0.480 e. The first-order chi connectivity index (χ1) is 12.5. The van der Waals surface area contributed by atoms with Crippen LogP contribution in [-0.4, -0.2) is 44.8 Å². The topological polar surface area (TPSA) is 92.7 Å². The molecule has 2 N–H and O–H groups in total. The number of nitrogens with one attached hydrogen (secondary N) is 1. The lowest BCUT2D eigenvalue weighted by molar-refractivity contribution is -0.152. The van der Waals surface area contributed by atoms with Crippen molar-refractivity contribution in [3.63, 3.8) is 0 Å². The number of esters is 1. The molecule has 0 aromatic heterocycles. The maximum absolute atomic E-state index is 12.3. The Hall–Kier alpha value is -1.34. The number of rotatable bonds is 10. The summed E-state index contributed by atoms with van der Waals surface area (Å²) in [4.78, 5) is 36.1. The molecule has 0 spiro atoms. The van der Waals surface area contributed by atoms with Crippen LogP contribution < -0.4 is 5.32 Å². The Morgan fingerprint density at radius 3 is 2.26 bits per heavy atom. The molecule has 0 aliphatic rings. The van der Waals surface area contributed by atoms with Gasteiger partial charge < -0.3 is 9.84 Å². The van der Waals surface area contributed by atoms with Gasteiger partial charge in [-0.25, -0.2) is 0 Å².